The summed E-state index contributed by atoms with van der Waals surface area (Å²) >= 11 is 0. The Morgan fingerprint density at radius 1 is 0.767 bits per heavy atom. The molecule has 2 atom stereocenters. The van der Waals surface area contributed by atoms with Crippen molar-refractivity contribution in [2.24, 2.45) is 11.8 Å². The average Bonchev–Trinajstić information content (AvgIpc) is 3.05. The fourth-order valence-electron chi connectivity index (χ4n) is 6.18. The molecule has 0 spiro atoms. The van der Waals surface area contributed by atoms with Crippen LogP contribution in [0.5, 0.6) is 0 Å². The Balaban J connectivity index is 1.57. The number of hydrogen-bond acceptors (Lipinski definition) is 3. The van der Waals surface area contributed by atoms with E-state index >= 15 is 0 Å². The van der Waals surface area contributed by atoms with Crippen molar-refractivity contribution in [1.29, 1.82) is 0 Å². The number of benzene rings is 3. The van der Waals surface area contributed by atoms with Crippen molar-refractivity contribution < 1.29 is 14.7 Å². The summed E-state index contributed by atoms with van der Waals surface area (Å²) in [6.07, 6.45) is 0. The topological polar surface area (TPSA) is 57.6 Å². The normalized spacial score (nSPS) is 28.3. The highest BCUT2D eigenvalue weighted by atomic mass is 16.3. The van der Waals surface area contributed by atoms with E-state index in [1.807, 2.05) is 78.9 Å². The highest BCUT2D eigenvalue weighted by Gasteiger charge is 2.67. The van der Waals surface area contributed by atoms with Crippen molar-refractivity contribution >= 4 is 11.8 Å². The van der Waals surface area contributed by atoms with Gasteiger partial charge in [0, 0.05) is 5.92 Å². The first-order valence-corrected chi connectivity index (χ1v) is 10.4. The largest absolute Gasteiger partial charge is 0.395 e. The molecule has 4 nitrogen and oxygen atoms in total. The van der Waals surface area contributed by atoms with E-state index in [1.165, 1.54) is 4.90 Å². The first-order chi connectivity index (χ1) is 14.7. The van der Waals surface area contributed by atoms with Crippen molar-refractivity contribution in [1.82, 2.24) is 4.90 Å². The number of imide groups is 1. The second kappa shape index (κ2) is 6.13. The van der Waals surface area contributed by atoms with Crippen LogP contribution in [0.15, 0.2) is 78.9 Å². The van der Waals surface area contributed by atoms with Gasteiger partial charge in [-0.2, -0.15) is 0 Å². The number of aliphatic hydroxyl groups is 1. The van der Waals surface area contributed by atoms with Gasteiger partial charge in [-0.15, -0.1) is 0 Å². The van der Waals surface area contributed by atoms with Crippen molar-refractivity contribution in [3.05, 3.63) is 107 Å². The smallest absolute Gasteiger partial charge is 0.234 e. The number of amides is 2. The summed E-state index contributed by atoms with van der Waals surface area (Å²) in [6, 6.07) is 25.6. The van der Waals surface area contributed by atoms with Gasteiger partial charge in [0.25, 0.3) is 0 Å². The Morgan fingerprint density at radius 2 is 1.33 bits per heavy atom. The molecule has 30 heavy (non-hydrogen) atoms. The minimum Gasteiger partial charge on any atom is -0.395 e. The average molecular weight is 395 g/mol. The molecule has 148 valence electrons. The van der Waals surface area contributed by atoms with Crippen LogP contribution in [0.3, 0.4) is 0 Å². The Hall–Kier alpha value is -3.24. The summed E-state index contributed by atoms with van der Waals surface area (Å²) in [4.78, 5) is 28.8. The monoisotopic (exact) mass is 395 g/mol. The van der Waals surface area contributed by atoms with Gasteiger partial charge in [0.1, 0.15) is 0 Å². The lowest BCUT2D eigenvalue weighted by molar-refractivity contribution is -0.141. The molecule has 0 radical (unpaired) electrons. The summed E-state index contributed by atoms with van der Waals surface area (Å²) < 4.78 is 0. The number of hydrogen-bond donors (Lipinski definition) is 1. The summed E-state index contributed by atoms with van der Waals surface area (Å²) in [7, 11) is 0. The van der Waals surface area contributed by atoms with E-state index in [1.54, 1.807) is 0 Å². The first kappa shape index (κ1) is 17.6. The maximum Gasteiger partial charge on any atom is 0.234 e. The third kappa shape index (κ3) is 1.99. The van der Waals surface area contributed by atoms with Gasteiger partial charge in [-0.25, -0.2) is 0 Å². The third-order valence-electron chi connectivity index (χ3n) is 7.32. The van der Waals surface area contributed by atoms with Crippen LogP contribution in [0.1, 0.15) is 33.7 Å². The lowest BCUT2D eigenvalue weighted by Gasteiger charge is -2.53. The molecule has 3 aliphatic carbocycles. The Bertz CT molecular complexity index is 1140. The van der Waals surface area contributed by atoms with Crippen LogP contribution in [-0.4, -0.2) is 28.4 Å². The van der Waals surface area contributed by atoms with Crippen LogP contribution in [0, 0.1) is 11.8 Å². The van der Waals surface area contributed by atoms with E-state index < -0.39 is 17.3 Å². The Kier molecular flexibility index (Phi) is 3.60. The molecule has 7 rings (SSSR count). The number of carbonyl (C=O) groups excluding carboxylic acids is 2. The lowest BCUT2D eigenvalue weighted by Crippen LogP contribution is -2.55. The van der Waals surface area contributed by atoms with Gasteiger partial charge in [-0.1, -0.05) is 78.9 Å². The van der Waals surface area contributed by atoms with Gasteiger partial charge in [0.15, 0.2) is 0 Å². The van der Waals surface area contributed by atoms with Crippen LogP contribution >= 0.6 is 0 Å². The number of aliphatic hydroxyl groups excluding tert-OH is 1. The summed E-state index contributed by atoms with van der Waals surface area (Å²) in [5.74, 6) is -1.50. The van der Waals surface area contributed by atoms with Gasteiger partial charge < -0.3 is 5.11 Å². The number of likely N-dealkylation sites (tertiary alicyclic amines) is 1. The minimum absolute atomic E-state index is 0.124. The van der Waals surface area contributed by atoms with E-state index in [4.69, 9.17) is 0 Å². The molecule has 1 fully saturated rings. The predicted octanol–water partition coefficient (Wildman–Crippen LogP) is 3.23. The molecule has 0 unspecified atom stereocenters. The van der Waals surface area contributed by atoms with Gasteiger partial charge >= 0.3 is 0 Å². The van der Waals surface area contributed by atoms with Crippen molar-refractivity contribution in [3.8, 4) is 0 Å². The van der Waals surface area contributed by atoms with Crippen molar-refractivity contribution in [2.75, 3.05) is 6.61 Å². The minimum atomic E-state index is -0.884. The predicted molar refractivity (Wildman–Crippen MR) is 112 cm³/mol. The molecular formula is C26H21NO3. The maximum atomic E-state index is 13.7. The first-order valence-electron chi connectivity index (χ1n) is 10.4. The number of rotatable bonds is 3. The van der Waals surface area contributed by atoms with Crippen LogP contribution < -0.4 is 0 Å². The van der Waals surface area contributed by atoms with Gasteiger partial charge in [-0.3, -0.25) is 14.5 Å². The number of nitrogens with zero attached hydrogens (tertiary/aromatic N) is 1. The molecule has 1 aliphatic heterocycles. The molecule has 2 bridgehead atoms. The van der Waals surface area contributed by atoms with E-state index in [2.05, 4.69) is 0 Å². The van der Waals surface area contributed by atoms with Crippen molar-refractivity contribution in [2.45, 2.75) is 17.9 Å². The molecule has 1 N–H and O–H groups in total. The zero-order chi connectivity index (χ0) is 20.5. The summed E-state index contributed by atoms with van der Waals surface area (Å²) in [6.45, 7) is 0.0690. The fourth-order valence-corrected chi connectivity index (χ4v) is 6.18. The zero-order valence-electron chi connectivity index (χ0n) is 16.4. The quantitative estimate of drug-likeness (QED) is 0.693. The van der Waals surface area contributed by atoms with Crippen LogP contribution in [0.4, 0.5) is 0 Å². The maximum absolute atomic E-state index is 13.7. The highest BCUT2D eigenvalue weighted by molar-refractivity contribution is 6.08. The molecule has 4 heteroatoms. The SMILES string of the molecule is O=C1[C@H]2C3c4ccccc4C(CO)(c4ccccc43)[C@H]2C(=O)N1Cc1ccccc1. The van der Waals surface area contributed by atoms with Crippen molar-refractivity contribution in [3.63, 3.8) is 0 Å². The summed E-state index contributed by atoms with van der Waals surface area (Å²) in [5.41, 5.74) is 4.15. The molecular weight excluding hydrogens is 374 g/mol. The van der Waals surface area contributed by atoms with E-state index in [0.29, 0.717) is 0 Å². The standard InChI is InChI=1S/C26H21NO3/c28-15-26-19-12-6-4-10-17(19)21(18-11-5-7-13-20(18)26)22-23(26)25(30)27(24(22)29)14-16-8-2-1-3-9-16/h1-13,21-23,28H,14-15H2/t21?,22-,23+,26?/m0/s1. The summed E-state index contributed by atoms with van der Waals surface area (Å²) in [5, 5.41) is 10.8. The molecule has 1 heterocycles. The van der Waals surface area contributed by atoms with E-state index in [-0.39, 0.29) is 30.9 Å². The zero-order valence-corrected chi connectivity index (χ0v) is 16.4. The second-order valence-electron chi connectivity index (χ2n) is 8.53. The highest BCUT2D eigenvalue weighted by Crippen LogP contribution is 2.63. The van der Waals surface area contributed by atoms with Crippen LogP contribution in [-0.2, 0) is 21.5 Å². The molecule has 1 saturated heterocycles. The van der Waals surface area contributed by atoms with Gasteiger partial charge in [0.2, 0.25) is 11.8 Å². The number of carbonyl (C=O) groups is 2. The Morgan fingerprint density at radius 3 is 1.93 bits per heavy atom. The Labute approximate surface area is 174 Å². The second-order valence-corrected chi connectivity index (χ2v) is 8.53. The molecule has 4 aliphatic rings. The molecule has 3 aromatic rings. The molecule has 0 aromatic heterocycles. The fraction of sp³-hybridized carbons (Fsp3) is 0.231. The third-order valence-corrected chi connectivity index (χ3v) is 7.32. The van der Waals surface area contributed by atoms with Gasteiger partial charge in [0.05, 0.1) is 30.4 Å². The lowest BCUT2D eigenvalue weighted by atomic mass is 9.47. The molecule has 3 aromatic carbocycles. The molecule has 2 amide bonds. The van der Waals surface area contributed by atoms with Gasteiger partial charge in [-0.05, 0) is 27.8 Å². The van der Waals surface area contributed by atoms with E-state index in [9.17, 15) is 14.7 Å². The van der Waals surface area contributed by atoms with Crippen LogP contribution in [0.25, 0.3) is 0 Å². The van der Waals surface area contributed by atoms with Crippen LogP contribution in [0.2, 0.25) is 0 Å². The molecule has 0 saturated carbocycles. The van der Waals surface area contributed by atoms with E-state index in [0.717, 1.165) is 27.8 Å².